The molecule has 23 heavy (non-hydrogen) atoms. The minimum Gasteiger partial charge on any atom is -0.484 e. The van der Waals surface area contributed by atoms with Crippen LogP contribution in [-0.4, -0.2) is 12.5 Å². The van der Waals surface area contributed by atoms with Crippen molar-refractivity contribution < 1.29 is 9.53 Å². The molecule has 1 amide bonds. The van der Waals surface area contributed by atoms with Gasteiger partial charge in [0.2, 0.25) is 0 Å². The summed E-state index contributed by atoms with van der Waals surface area (Å²) in [6.45, 7) is -0.0274. The van der Waals surface area contributed by atoms with Crippen molar-refractivity contribution in [2.75, 3.05) is 11.9 Å². The molecule has 0 saturated carbocycles. The van der Waals surface area contributed by atoms with Crippen LogP contribution in [0.3, 0.4) is 0 Å². The van der Waals surface area contributed by atoms with Crippen LogP contribution < -0.4 is 10.1 Å². The molecule has 3 rings (SSSR count). The second-order valence-electron chi connectivity index (χ2n) is 4.81. The van der Waals surface area contributed by atoms with E-state index in [0.717, 1.165) is 20.6 Å². The van der Waals surface area contributed by atoms with E-state index in [9.17, 15) is 4.79 Å². The molecule has 0 fully saturated rings. The summed E-state index contributed by atoms with van der Waals surface area (Å²) in [5.74, 6) is 0.479. The fourth-order valence-electron chi connectivity index (χ4n) is 2.10. The smallest absolute Gasteiger partial charge is 0.262 e. The maximum atomic E-state index is 12.1. The highest BCUT2D eigenvalue weighted by Crippen LogP contribution is 2.31. The first-order chi connectivity index (χ1) is 11.2. The number of hydrogen-bond acceptors (Lipinski definition) is 3. The largest absolute Gasteiger partial charge is 0.484 e. The van der Waals surface area contributed by atoms with Gasteiger partial charge in [0.25, 0.3) is 5.91 Å². The molecule has 0 aliphatic carbocycles. The van der Waals surface area contributed by atoms with Gasteiger partial charge in [-0.15, -0.1) is 11.3 Å². The van der Waals surface area contributed by atoms with Gasteiger partial charge in [0.1, 0.15) is 5.75 Å². The zero-order valence-electron chi connectivity index (χ0n) is 12.2. The van der Waals surface area contributed by atoms with Crippen molar-refractivity contribution >= 4 is 38.9 Å². The van der Waals surface area contributed by atoms with E-state index in [1.807, 2.05) is 66.0 Å². The molecule has 0 spiro atoms. The molecule has 3 aromatic rings. The molecule has 0 saturated heterocycles. The zero-order chi connectivity index (χ0) is 16.1. The van der Waals surface area contributed by atoms with E-state index in [-0.39, 0.29) is 12.5 Å². The molecule has 1 N–H and O–H groups in total. The minimum absolute atomic E-state index is 0.0274. The molecule has 0 aliphatic rings. The average molecular weight is 388 g/mol. The van der Waals surface area contributed by atoms with E-state index in [2.05, 4.69) is 21.2 Å². The molecular weight excluding hydrogens is 374 g/mol. The molecule has 0 bridgehead atoms. The number of carbonyl (C=O) groups is 1. The standard InChI is InChI=1S/C18H14BrNO2S/c19-13-7-9-14(10-8-13)22-12-18(21)20-16-5-2-1-4-15(16)17-6-3-11-23-17/h1-11H,12H2,(H,20,21). The number of ether oxygens (including phenoxy) is 1. The fraction of sp³-hybridized carbons (Fsp3) is 0.0556. The highest BCUT2D eigenvalue weighted by Gasteiger charge is 2.09. The Morgan fingerprint density at radius 1 is 1.04 bits per heavy atom. The SMILES string of the molecule is O=C(COc1ccc(Br)cc1)Nc1ccccc1-c1cccs1. The number of hydrogen-bond donors (Lipinski definition) is 1. The molecule has 1 aromatic heterocycles. The molecule has 3 nitrogen and oxygen atoms in total. The third-order valence-corrected chi connectivity index (χ3v) is 4.60. The number of benzene rings is 2. The Kier molecular flexibility index (Phi) is 5.10. The summed E-state index contributed by atoms with van der Waals surface area (Å²) in [7, 11) is 0. The lowest BCUT2D eigenvalue weighted by molar-refractivity contribution is -0.118. The van der Waals surface area contributed by atoms with Crippen LogP contribution in [0.25, 0.3) is 10.4 Å². The summed E-state index contributed by atoms with van der Waals surface area (Å²) in [5, 5.41) is 4.93. The van der Waals surface area contributed by atoms with Crippen LogP contribution in [0.4, 0.5) is 5.69 Å². The molecule has 0 aliphatic heterocycles. The van der Waals surface area contributed by atoms with E-state index in [1.165, 1.54) is 0 Å². The third kappa shape index (κ3) is 4.21. The van der Waals surface area contributed by atoms with E-state index >= 15 is 0 Å². The van der Waals surface area contributed by atoms with Crippen molar-refractivity contribution in [1.82, 2.24) is 0 Å². The Labute approximate surface area is 147 Å². The number of rotatable bonds is 5. The summed E-state index contributed by atoms with van der Waals surface area (Å²) < 4.78 is 6.47. The van der Waals surface area contributed by atoms with Crippen LogP contribution >= 0.6 is 27.3 Å². The minimum atomic E-state index is -0.183. The van der Waals surface area contributed by atoms with Crippen LogP contribution in [0, 0.1) is 0 Å². The Morgan fingerprint density at radius 2 is 1.83 bits per heavy atom. The van der Waals surface area contributed by atoms with Crippen LogP contribution in [0.5, 0.6) is 5.75 Å². The lowest BCUT2D eigenvalue weighted by Gasteiger charge is -2.11. The second-order valence-corrected chi connectivity index (χ2v) is 6.68. The Morgan fingerprint density at radius 3 is 2.57 bits per heavy atom. The maximum absolute atomic E-state index is 12.1. The summed E-state index contributed by atoms with van der Waals surface area (Å²) in [6.07, 6.45) is 0. The molecule has 2 aromatic carbocycles. The molecular formula is C18H14BrNO2S. The maximum Gasteiger partial charge on any atom is 0.262 e. The van der Waals surface area contributed by atoms with E-state index in [1.54, 1.807) is 11.3 Å². The summed E-state index contributed by atoms with van der Waals surface area (Å²) in [4.78, 5) is 13.3. The molecule has 1 heterocycles. The third-order valence-electron chi connectivity index (χ3n) is 3.17. The van der Waals surface area contributed by atoms with Gasteiger partial charge in [-0.3, -0.25) is 4.79 Å². The molecule has 0 radical (unpaired) electrons. The van der Waals surface area contributed by atoms with Crippen molar-refractivity contribution in [2.24, 2.45) is 0 Å². The topological polar surface area (TPSA) is 38.3 Å². The number of halogens is 1. The molecule has 0 atom stereocenters. The summed E-state index contributed by atoms with van der Waals surface area (Å²) >= 11 is 5.00. The van der Waals surface area contributed by atoms with Gasteiger partial charge in [-0.25, -0.2) is 0 Å². The summed E-state index contributed by atoms with van der Waals surface area (Å²) in [6, 6.07) is 19.2. The van der Waals surface area contributed by atoms with E-state index in [4.69, 9.17) is 4.74 Å². The number of amides is 1. The van der Waals surface area contributed by atoms with Crippen molar-refractivity contribution in [3.8, 4) is 16.2 Å². The van der Waals surface area contributed by atoms with E-state index in [0.29, 0.717) is 5.75 Å². The predicted molar refractivity (Wildman–Crippen MR) is 98.0 cm³/mol. The van der Waals surface area contributed by atoms with Gasteiger partial charge in [-0.05, 0) is 41.8 Å². The quantitative estimate of drug-likeness (QED) is 0.653. The number of nitrogens with one attached hydrogen (secondary N) is 1. The predicted octanol–water partition coefficient (Wildman–Crippen LogP) is 5.20. The Hall–Kier alpha value is -2.11. The highest BCUT2D eigenvalue weighted by atomic mass is 79.9. The normalized spacial score (nSPS) is 10.3. The average Bonchev–Trinajstić information content (AvgIpc) is 3.09. The van der Waals surface area contributed by atoms with Gasteiger partial charge in [-0.1, -0.05) is 40.2 Å². The van der Waals surface area contributed by atoms with Crippen LogP contribution in [0.1, 0.15) is 0 Å². The zero-order valence-corrected chi connectivity index (χ0v) is 14.6. The van der Waals surface area contributed by atoms with Crippen LogP contribution in [0.15, 0.2) is 70.5 Å². The van der Waals surface area contributed by atoms with Crippen LogP contribution in [-0.2, 0) is 4.79 Å². The van der Waals surface area contributed by atoms with Crippen molar-refractivity contribution in [3.05, 3.63) is 70.5 Å². The monoisotopic (exact) mass is 387 g/mol. The van der Waals surface area contributed by atoms with E-state index < -0.39 is 0 Å². The number of carbonyl (C=O) groups excluding carboxylic acids is 1. The van der Waals surface area contributed by atoms with Gasteiger partial charge >= 0.3 is 0 Å². The van der Waals surface area contributed by atoms with Crippen molar-refractivity contribution in [3.63, 3.8) is 0 Å². The lowest BCUT2D eigenvalue weighted by Crippen LogP contribution is -2.20. The van der Waals surface area contributed by atoms with Crippen molar-refractivity contribution in [2.45, 2.75) is 0 Å². The molecule has 116 valence electrons. The number of thiophene rings is 1. The summed E-state index contributed by atoms with van der Waals surface area (Å²) in [5.41, 5.74) is 1.80. The van der Waals surface area contributed by atoms with Gasteiger partial charge < -0.3 is 10.1 Å². The Balaban J connectivity index is 1.65. The number of anilines is 1. The first-order valence-electron chi connectivity index (χ1n) is 7.03. The number of para-hydroxylation sites is 1. The molecule has 5 heteroatoms. The van der Waals surface area contributed by atoms with Crippen LogP contribution in [0.2, 0.25) is 0 Å². The first kappa shape index (κ1) is 15.8. The fourth-order valence-corrected chi connectivity index (χ4v) is 3.13. The van der Waals surface area contributed by atoms with Gasteiger partial charge in [-0.2, -0.15) is 0 Å². The van der Waals surface area contributed by atoms with Gasteiger partial charge in [0, 0.05) is 20.6 Å². The van der Waals surface area contributed by atoms with Crippen molar-refractivity contribution in [1.29, 1.82) is 0 Å². The lowest BCUT2D eigenvalue weighted by atomic mass is 10.1. The highest BCUT2D eigenvalue weighted by molar-refractivity contribution is 9.10. The second kappa shape index (κ2) is 7.44. The molecule has 0 unspecified atom stereocenters. The van der Waals surface area contributed by atoms with Gasteiger partial charge in [0.05, 0.1) is 0 Å². The Bertz CT molecular complexity index is 785. The first-order valence-corrected chi connectivity index (χ1v) is 8.71. The van der Waals surface area contributed by atoms with Gasteiger partial charge in [0.15, 0.2) is 6.61 Å².